The summed E-state index contributed by atoms with van der Waals surface area (Å²) in [5, 5.41) is 10.9. The summed E-state index contributed by atoms with van der Waals surface area (Å²) in [6.07, 6.45) is 0. The van der Waals surface area contributed by atoms with Crippen LogP contribution < -0.4 is 10.1 Å². The number of carboxylic acids is 1. The Kier molecular flexibility index (Phi) is 6.71. The number of aliphatic carboxylic acids is 1. The Bertz CT molecular complexity index is 525. The summed E-state index contributed by atoms with van der Waals surface area (Å²) in [6.45, 7) is -0.0337. The van der Waals surface area contributed by atoms with Gasteiger partial charge >= 0.3 is 12.6 Å². The number of amides is 1. The molecule has 8 heteroatoms. The lowest BCUT2D eigenvalue weighted by Gasteiger charge is -2.13. The largest absolute Gasteiger partial charge is 0.480 e. The van der Waals surface area contributed by atoms with E-state index in [1.54, 1.807) is 13.8 Å². The lowest BCUT2D eigenvalue weighted by atomic mass is 10.1. The van der Waals surface area contributed by atoms with Crippen molar-refractivity contribution in [2.24, 2.45) is 0 Å². The van der Waals surface area contributed by atoms with Gasteiger partial charge in [-0.3, -0.25) is 4.79 Å². The van der Waals surface area contributed by atoms with Crippen molar-refractivity contribution in [1.29, 1.82) is 0 Å². The van der Waals surface area contributed by atoms with Crippen molar-refractivity contribution in [2.45, 2.75) is 20.5 Å². The third-order valence-electron chi connectivity index (χ3n) is 2.69. The van der Waals surface area contributed by atoms with Crippen LogP contribution in [0.15, 0.2) is 12.1 Å². The molecule has 6 nitrogen and oxygen atoms in total. The van der Waals surface area contributed by atoms with E-state index >= 15 is 0 Å². The van der Waals surface area contributed by atoms with Crippen molar-refractivity contribution in [3.63, 3.8) is 0 Å². The number of hydrogen-bond donors (Lipinski definition) is 2. The number of aryl methyl sites for hydroxylation is 2. The average Bonchev–Trinajstić information content (AvgIpc) is 2.41. The van der Waals surface area contributed by atoms with Gasteiger partial charge in [-0.1, -0.05) is 0 Å². The highest BCUT2D eigenvalue weighted by molar-refractivity contribution is 5.94. The molecule has 22 heavy (non-hydrogen) atoms. The van der Waals surface area contributed by atoms with Gasteiger partial charge in [-0.15, -0.1) is 0 Å². The van der Waals surface area contributed by atoms with Gasteiger partial charge in [0, 0.05) is 12.1 Å². The lowest BCUT2D eigenvalue weighted by Crippen LogP contribution is -2.28. The standard InChI is InChI=1S/C14H17F2NO5/c1-8-5-10(6-9(2)12(8)22-14(15)16)13(20)17-3-4-21-7-11(18)19/h5-6,14H,3-4,7H2,1-2H3,(H,17,20)(H,18,19). The molecule has 0 aliphatic heterocycles. The number of halogens is 2. The molecule has 1 aromatic carbocycles. The maximum atomic E-state index is 12.3. The monoisotopic (exact) mass is 317 g/mol. The van der Waals surface area contributed by atoms with Gasteiger partial charge in [0.05, 0.1) is 6.61 Å². The normalized spacial score (nSPS) is 10.6. The zero-order chi connectivity index (χ0) is 16.7. The van der Waals surface area contributed by atoms with Crippen LogP contribution in [0.4, 0.5) is 8.78 Å². The van der Waals surface area contributed by atoms with Crippen LogP contribution in [0.25, 0.3) is 0 Å². The second kappa shape index (κ2) is 8.28. The summed E-state index contributed by atoms with van der Waals surface area (Å²) < 4.78 is 33.7. The molecular weight excluding hydrogens is 300 g/mol. The van der Waals surface area contributed by atoms with E-state index in [0.717, 1.165) is 0 Å². The van der Waals surface area contributed by atoms with Gasteiger partial charge in [-0.25, -0.2) is 4.79 Å². The van der Waals surface area contributed by atoms with Gasteiger partial charge in [0.15, 0.2) is 0 Å². The number of rotatable bonds is 8. The molecule has 0 saturated heterocycles. The van der Waals surface area contributed by atoms with Crippen LogP contribution in [0.1, 0.15) is 21.5 Å². The molecule has 0 aliphatic carbocycles. The van der Waals surface area contributed by atoms with E-state index in [1.807, 2.05) is 0 Å². The van der Waals surface area contributed by atoms with Crippen LogP contribution in [0.2, 0.25) is 0 Å². The summed E-state index contributed by atoms with van der Waals surface area (Å²) in [6, 6.07) is 2.89. The highest BCUT2D eigenvalue weighted by atomic mass is 19.3. The van der Waals surface area contributed by atoms with Crippen LogP contribution >= 0.6 is 0 Å². The number of hydrogen-bond acceptors (Lipinski definition) is 4. The SMILES string of the molecule is Cc1cc(C(=O)NCCOCC(=O)O)cc(C)c1OC(F)F. The Hall–Kier alpha value is -2.22. The Morgan fingerprint density at radius 2 is 1.86 bits per heavy atom. The number of ether oxygens (including phenoxy) is 2. The average molecular weight is 317 g/mol. The fraction of sp³-hybridized carbons (Fsp3) is 0.429. The van der Waals surface area contributed by atoms with Crippen molar-refractivity contribution >= 4 is 11.9 Å². The molecule has 2 N–H and O–H groups in total. The molecule has 0 saturated carbocycles. The van der Waals surface area contributed by atoms with Crippen molar-refractivity contribution in [2.75, 3.05) is 19.8 Å². The molecule has 0 unspecified atom stereocenters. The van der Waals surface area contributed by atoms with Gasteiger partial charge in [0.25, 0.3) is 5.91 Å². The number of benzene rings is 1. The van der Waals surface area contributed by atoms with E-state index in [1.165, 1.54) is 12.1 Å². The number of nitrogens with one attached hydrogen (secondary N) is 1. The zero-order valence-electron chi connectivity index (χ0n) is 12.2. The third-order valence-corrected chi connectivity index (χ3v) is 2.69. The topological polar surface area (TPSA) is 84.9 Å². The van der Waals surface area contributed by atoms with Gasteiger partial charge in [0.1, 0.15) is 12.4 Å². The Morgan fingerprint density at radius 1 is 1.27 bits per heavy atom. The fourth-order valence-electron chi connectivity index (χ4n) is 1.85. The smallest absolute Gasteiger partial charge is 0.387 e. The first-order valence-corrected chi connectivity index (χ1v) is 6.45. The lowest BCUT2D eigenvalue weighted by molar-refractivity contribution is -0.142. The first-order valence-electron chi connectivity index (χ1n) is 6.45. The molecule has 0 fully saturated rings. The highest BCUT2D eigenvalue weighted by Crippen LogP contribution is 2.26. The van der Waals surface area contributed by atoms with E-state index in [0.29, 0.717) is 16.7 Å². The van der Waals surface area contributed by atoms with E-state index in [4.69, 9.17) is 9.84 Å². The zero-order valence-corrected chi connectivity index (χ0v) is 12.2. The van der Waals surface area contributed by atoms with E-state index in [2.05, 4.69) is 10.1 Å². The number of carbonyl (C=O) groups is 2. The molecule has 0 atom stereocenters. The summed E-state index contributed by atoms with van der Waals surface area (Å²) in [7, 11) is 0. The molecule has 0 spiro atoms. The van der Waals surface area contributed by atoms with E-state index in [9.17, 15) is 18.4 Å². The van der Waals surface area contributed by atoms with Gasteiger partial charge in [-0.05, 0) is 37.1 Å². The molecule has 122 valence electrons. The molecule has 0 bridgehead atoms. The number of carbonyl (C=O) groups excluding carboxylic acids is 1. The maximum Gasteiger partial charge on any atom is 0.387 e. The summed E-state index contributed by atoms with van der Waals surface area (Å²) in [5.74, 6) is -1.45. The first kappa shape index (κ1) is 17.8. The minimum absolute atomic E-state index is 0.0522. The second-order valence-electron chi connectivity index (χ2n) is 4.52. The summed E-state index contributed by atoms with van der Waals surface area (Å²) in [5.41, 5.74) is 1.15. The van der Waals surface area contributed by atoms with Crippen LogP contribution in [0, 0.1) is 13.8 Å². The number of carboxylic acid groups (broad SMARTS) is 1. The van der Waals surface area contributed by atoms with Gasteiger partial charge in [-0.2, -0.15) is 8.78 Å². The molecule has 0 aliphatic rings. The predicted molar refractivity (Wildman–Crippen MR) is 73.3 cm³/mol. The highest BCUT2D eigenvalue weighted by Gasteiger charge is 2.14. The molecule has 0 aromatic heterocycles. The van der Waals surface area contributed by atoms with Crippen LogP contribution in [-0.2, 0) is 9.53 Å². The van der Waals surface area contributed by atoms with E-state index < -0.39 is 25.1 Å². The summed E-state index contributed by atoms with van der Waals surface area (Å²) >= 11 is 0. The molecule has 0 radical (unpaired) electrons. The minimum Gasteiger partial charge on any atom is -0.480 e. The maximum absolute atomic E-state index is 12.3. The van der Waals surface area contributed by atoms with Crippen molar-refractivity contribution in [3.05, 3.63) is 28.8 Å². The predicted octanol–water partition coefficient (Wildman–Crippen LogP) is 1.74. The molecular formula is C14H17F2NO5. The molecule has 1 amide bonds. The quantitative estimate of drug-likeness (QED) is 0.713. The molecule has 1 aromatic rings. The molecule has 0 heterocycles. The first-order chi connectivity index (χ1) is 10.3. The Balaban J connectivity index is 2.61. The van der Waals surface area contributed by atoms with Crippen molar-refractivity contribution in [3.8, 4) is 5.75 Å². The molecule has 1 rings (SSSR count). The minimum atomic E-state index is -2.93. The van der Waals surface area contributed by atoms with Crippen LogP contribution in [0.3, 0.4) is 0 Å². The van der Waals surface area contributed by atoms with E-state index in [-0.39, 0.29) is 18.9 Å². The Labute approximate surface area is 126 Å². The second-order valence-corrected chi connectivity index (χ2v) is 4.52. The van der Waals surface area contributed by atoms with Crippen LogP contribution in [0.5, 0.6) is 5.75 Å². The van der Waals surface area contributed by atoms with Crippen LogP contribution in [-0.4, -0.2) is 43.4 Å². The van der Waals surface area contributed by atoms with Crippen molar-refractivity contribution < 1.29 is 33.0 Å². The van der Waals surface area contributed by atoms with Gasteiger partial charge in [0.2, 0.25) is 0 Å². The number of alkyl halides is 2. The van der Waals surface area contributed by atoms with Crippen molar-refractivity contribution in [1.82, 2.24) is 5.32 Å². The Morgan fingerprint density at radius 3 is 2.36 bits per heavy atom. The fourth-order valence-corrected chi connectivity index (χ4v) is 1.85. The summed E-state index contributed by atoms with van der Waals surface area (Å²) in [4.78, 5) is 22.1. The third kappa shape index (κ3) is 5.65. The van der Waals surface area contributed by atoms with Gasteiger partial charge < -0.3 is 19.9 Å².